The first kappa shape index (κ1) is 30.4. The fourth-order valence-electron chi connectivity index (χ4n) is 6.63. The number of piperidine rings is 2. The topological polar surface area (TPSA) is 121 Å². The molecule has 6 rings (SSSR count). The number of carbonyl (C=O) groups excluding carboxylic acids is 3. The average molecular weight is 622 g/mol. The Morgan fingerprint density at radius 1 is 1.11 bits per heavy atom. The summed E-state index contributed by atoms with van der Waals surface area (Å²) >= 11 is 1.48. The Balaban J connectivity index is 1.17. The van der Waals surface area contributed by atoms with Gasteiger partial charge in [-0.25, -0.2) is 4.79 Å². The molecule has 0 spiro atoms. The molecule has 3 unspecified atom stereocenters. The molecular formula is C32H39N5O6S. The third kappa shape index (κ3) is 6.03. The van der Waals surface area contributed by atoms with Crippen molar-refractivity contribution in [2.45, 2.75) is 49.7 Å². The quantitative estimate of drug-likeness (QED) is 0.390. The summed E-state index contributed by atoms with van der Waals surface area (Å²) in [6.07, 6.45) is 1.63. The first-order valence-electron chi connectivity index (χ1n) is 15.1. The predicted octanol–water partition coefficient (Wildman–Crippen LogP) is 3.35. The van der Waals surface area contributed by atoms with E-state index in [2.05, 4.69) is 16.0 Å². The second-order valence-corrected chi connectivity index (χ2v) is 12.7. The van der Waals surface area contributed by atoms with Crippen LogP contribution in [0.25, 0.3) is 0 Å². The van der Waals surface area contributed by atoms with Crippen molar-refractivity contribution in [1.82, 2.24) is 20.9 Å². The van der Waals surface area contributed by atoms with Crippen molar-refractivity contribution in [3.05, 3.63) is 64.7 Å². The zero-order valence-corrected chi connectivity index (χ0v) is 26.0. The molecule has 3 fully saturated rings. The van der Waals surface area contributed by atoms with Gasteiger partial charge in [0.2, 0.25) is 0 Å². The fourth-order valence-corrected chi connectivity index (χ4v) is 8.03. The standard InChI is InChI=1S/C32H39N5O6S/c1-19-16-22(43-21-9-5-4-6-10-21)11-12-23(19)37-24-13-14-33-30-26(24)27(35-32(37)40)28(44-30)29(38)34-20-8-7-15-36(17-20)31(39)25(42-3)18-41-2/h4-6,9-12,16,20,24-26,30,33H,7-8,13-15,17-18H2,1-3H3,(H,34,38)(H,35,40)/t20-,24?,25-,26?,30?/m1/s1. The van der Waals surface area contributed by atoms with Gasteiger partial charge in [-0.3, -0.25) is 14.5 Å². The maximum Gasteiger partial charge on any atom is 0.326 e. The number of amides is 4. The summed E-state index contributed by atoms with van der Waals surface area (Å²) in [6.45, 7) is 3.90. The van der Waals surface area contributed by atoms with Crippen LogP contribution in [0.5, 0.6) is 11.5 Å². The molecule has 0 saturated carbocycles. The summed E-state index contributed by atoms with van der Waals surface area (Å²) in [6, 6.07) is 14.8. The van der Waals surface area contributed by atoms with E-state index in [1.807, 2.05) is 60.4 Å². The molecule has 4 aliphatic rings. The number of carbonyl (C=O) groups is 3. The number of para-hydroxylation sites is 1. The Kier molecular flexibility index (Phi) is 9.13. The minimum absolute atomic E-state index is 0.0328. The first-order valence-corrected chi connectivity index (χ1v) is 15.9. The molecule has 0 bridgehead atoms. The van der Waals surface area contributed by atoms with Gasteiger partial charge in [0.1, 0.15) is 11.5 Å². The van der Waals surface area contributed by atoms with Gasteiger partial charge in [0, 0.05) is 50.7 Å². The zero-order valence-electron chi connectivity index (χ0n) is 25.2. The van der Waals surface area contributed by atoms with Gasteiger partial charge < -0.3 is 35.1 Å². The SMILES string of the molecule is COC[C@@H](OC)C(=O)N1CCC[C@@H](NC(=O)C2=C3NC(=O)N(c4ccc(Oc5ccccc5)cc4C)C4CCNC(S2)C34)C1. The van der Waals surface area contributed by atoms with Crippen molar-refractivity contribution in [1.29, 1.82) is 0 Å². The lowest BCUT2D eigenvalue weighted by molar-refractivity contribution is -0.146. The monoisotopic (exact) mass is 621 g/mol. The molecule has 0 aromatic heterocycles. The second kappa shape index (κ2) is 13.2. The number of hydrogen-bond donors (Lipinski definition) is 3. The molecule has 44 heavy (non-hydrogen) atoms. The number of ether oxygens (including phenoxy) is 3. The predicted molar refractivity (Wildman–Crippen MR) is 167 cm³/mol. The van der Waals surface area contributed by atoms with Gasteiger partial charge in [-0.1, -0.05) is 30.0 Å². The lowest BCUT2D eigenvalue weighted by atomic mass is 9.86. The number of rotatable bonds is 9. The number of nitrogens with zero attached hydrogens (tertiary/aromatic N) is 2. The molecule has 11 nitrogen and oxygen atoms in total. The van der Waals surface area contributed by atoms with Gasteiger partial charge in [0.15, 0.2) is 6.10 Å². The molecule has 234 valence electrons. The van der Waals surface area contributed by atoms with Crippen LogP contribution in [0, 0.1) is 12.8 Å². The summed E-state index contributed by atoms with van der Waals surface area (Å²) in [4.78, 5) is 44.5. The normalized spacial score (nSPS) is 25.3. The molecule has 4 amide bonds. The third-order valence-electron chi connectivity index (χ3n) is 8.70. The van der Waals surface area contributed by atoms with Crippen LogP contribution >= 0.6 is 11.8 Å². The van der Waals surface area contributed by atoms with E-state index in [1.165, 1.54) is 26.0 Å². The summed E-state index contributed by atoms with van der Waals surface area (Å²) in [5.41, 5.74) is 2.43. The molecule has 0 radical (unpaired) electrons. The van der Waals surface area contributed by atoms with E-state index >= 15 is 0 Å². The number of aryl methyl sites for hydroxylation is 1. The number of anilines is 1. The van der Waals surface area contributed by atoms with E-state index < -0.39 is 6.10 Å². The Labute approximate surface area is 261 Å². The molecule has 5 atom stereocenters. The highest BCUT2D eigenvalue weighted by Crippen LogP contribution is 2.48. The molecule has 2 aromatic rings. The number of hydrogen-bond acceptors (Lipinski definition) is 8. The van der Waals surface area contributed by atoms with Crippen LogP contribution in [0.3, 0.4) is 0 Å². The highest BCUT2D eigenvalue weighted by molar-refractivity contribution is 8.04. The van der Waals surface area contributed by atoms with Crippen LogP contribution in [0.15, 0.2) is 59.1 Å². The summed E-state index contributed by atoms with van der Waals surface area (Å²) in [7, 11) is 3.03. The summed E-state index contributed by atoms with van der Waals surface area (Å²) in [5.74, 6) is 1.03. The smallest absolute Gasteiger partial charge is 0.326 e. The maximum absolute atomic E-state index is 13.7. The van der Waals surface area contributed by atoms with Crippen LogP contribution < -0.4 is 25.6 Å². The van der Waals surface area contributed by atoms with Crippen LogP contribution in [-0.4, -0.2) is 86.8 Å². The number of methoxy groups -OCH3 is 2. The Morgan fingerprint density at radius 2 is 1.93 bits per heavy atom. The lowest BCUT2D eigenvalue weighted by Crippen LogP contribution is -2.62. The Morgan fingerprint density at radius 3 is 2.68 bits per heavy atom. The molecule has 3 N–H and O–H groups in total. The Hall–Kier alpha value is -3.58. The van der Waals surface area contributed by atoms with Crippen LogP contribution in [-0.2, 0) is 19.1 Å². The molecule has 12 heteroatoms. The molecule has 4 aliphatic heterocycles. The van der Waals surface area contributed by atoms with Crippen molar-refractivity contribution >= 4 is 35.3 Å². The summed E-state index contributed by atoms with van der Waals surface area (Å²) < 4.78 is 16.5. The lowest BCUT2D eigenvalue weighted by Gasteiger charge is -2.46. The molecule has 2 aromatic carbocycles. The highest BCUT2D eigenvalue weighted by atomic mass is 32.2. The number of urea groups is 1. The van der Waals surface area contributed by atoms with E-state index in [-0.39, 0.29) is 47.8 Å². The molecule has 0 aliphatic carbocycles. The first-order chi connectivity index (χ1) is 21.4. The minimum atomic E-state index is -0.674. The van der Waals surface area contributed by atoms with E-state index in [4.69, 9.17) is 14.2 Å². The second-order valence-electron chi connectivity index (χ2n) is 11.6. The fraction of sp³-hybridized carbons (Fsp3) is 0.469. The minimum Gasteiger partial charge on any atom is -0.457 e. The number of benzene rings is 2. The van der Waals surface area contributed by atoms with Crippen molar-refractivity contribution in [3.63, 3.8) is 0 Å². The molecular weight excluding hydrogens is 582 g/mol. The van der Waals surface area contributed by atoms with Crippen LogP contribution in [0.2, 0.25) is 0 Å². The summed E-state index contributed by atoms with van der Waals surface area (Å²) in [5, 5.41) is 9.76. The Bertz CT molecular complexity index is 1440. The molecule has 4 heterocycles. The van der Waals surface area contributed by atoms with Crippen LogP contribution in [0.4, 0.5) is 10.5 Å². The molecule has 3 saturated heterocycles. The third-order valence-corrected chi connectivity index (χ3v) is 10.1. The van der Waals surface area contributed by atoms with Gasteiger partial charge in [0.05, 0.1) is 22.9 Å². The van der Waals surface area contributed by atoms with Crippen molar-refractivity contribution in [2.75, 3.05) is 45.4 Å². The number of likely N-dealkylation sites (tertiary alicyclic amines) is 1. The maximum atomic E-state index is 13.7. The van der Waals surface area contributed by atoms with E-state index in [0.717, 1.165) is 42.8 Å². The van der Waals surface area contributed by atoms with E-state index in [0.29, 0.717) is 29.4 Å². The highest BCUT2D eigenvalue weighted by Gasteiger charge is 2.52. The van der Waals surface area contributed by atoms with Gasteiger partial charge in [-0.05, 0) is 68.6 Å². The van der Waals surface area contributed by atoms with E-state index in [1.54, 1.807) is 4.90 Å². The zero-order chi connectivity index (χ0) is 30.8. The number of nitrogens with one attached hydrogen (secondary N) is 3. The number of thioether (sulfide) groups is 1. The van der Waals surface area contributed by atoms with Crippen LogP contribution in [0.1, 0.15) is 24.8 Å². The van der Waals surface area contributed by atoms with Gasteiger partial charge in [-0.2, -0.15) is 0 Å². The van der Waals surface area contributed by atoms with E-state index in [9.17, 15) is 14.4 Å². The average Bonchev–Trinajstić information content (AvgIpc) is 3.40. The van der Waals surface area contributed by atoms with Gasteiger partial charge >= 0.3 is 6.03 Å². The van der Waals surface area contributed by atoms with Crippen molar-refractivity contribution in [2.24, 2.45) is 5.92 Å². The largest absolute Gasteiger partial charge is 0.457 e. The van der Waals surface area contributed by atoms with Gasteiger partial charge in [-0.15, -0.1) is 0 Å². The van der Waals surface area contributed by atoms with Crippen molar-refractivity contribution in [3.8, 4) is 11.5 Å². The van der Waals surface area contributed by atoms with Crippen molar-refractivity contribution < 1.29 is 28.6 Å². The van der Waals surface area contributed by atoms with Gasteiger partial charge in [0.25, 0.3) is 11.8 Å².